The first-order chi connectivity index (χ1) is 7.66. The van der Waals surface area contributed by atoms with Crippen molar-refractivity contribution in [2.45, 2.75) is 0 Å². The Morgan fingerprint density at radius 2 is 1.31 bits per heavy atom. The maximum Gasteiger partial charge on any atom is 0.193 e. The maximum absolute atomic E-state index is 12.0. The molecular formula is C13H9IO2. The summed E-state index contributed by atoms with van der Waals surface area (Å²) in [4.78, 5) is 12.0. The molecule has 0 atom stereocenters. The Kier molecular flexibility index (Phi) is 3.24. The second-order valence-corrected chi connectivity index (χ2v) is 4.63. The summed E-state index contributed by atoms with van der Waals surface area (Å²) in [5.41, 5.74) is 1.24. The van der Waals surface area contributed by atoms with E-state index in [1.807, 2.05) is 12.1 Å². The average molecular weight is 324 g/mol. The van der Waals surface area contributed by atoms with E-state index in [1.165, 1.54) is 12.1 Å². The molecule has 0 aliphatic rings. The summed E-state index contributed by atoms with van der Waals surface area (Å²) in [7, 11) is 0. The average Bonchev–Trinajstić information content (AvgIpc) is 2.30. The Bertz CT molecular complexity index is 453. The van der Waals surface area contributed by atoms with Gasteiger partial charge in [0.1, 0.15) is 5.75 Å². The molecule has 0 saturated heterocycles. The van der Waals surface area contributed by atoms with E-state index in [0.29, 0.717) is 11.1 Å². The Morgan fingerprint density at radius 1 is 0.875 bits per heavy atom. The molecule has 80 valence electrons. The number of rotatable bonds is 2. The highest BCUT2D eigenvalue weighted by Gasteiger charge is 2.08. The first kappa shape index (κ1) is 11.1. The topological polar surface area (TPSA) is 37.3 Å². The zero-order valence-corrected chi connectivity index (χ0v) is 10.5. The second-order valence-electron chi connectivity index (χ2n) is 3.38. The van der Waals surface area contributed by atoms with Gasteiger partial charge in [0, 0.05) is 14.7 Å². The van der Waals surface area contributed by atoms with Gasteiger partial charge in [0.15, 0.2) is 5.78 Å². The van der Waals surface area contributed by atoms with Crippen molar-refractivity contribution < 1.29 is 9.90 Å². The van der Waals surface area contributed by atoms with Crippen LogP contribution in [0.25, 0.3) is 0 Å². The van der Waals surface area contributed by atoms with Crippen molar-refractivity contribution in [2.24, 2.45) is 0 Å². The van der Waals surface area contributed by atoms with Crippen LogP contribution in [0.3, 0.4) is 0 Å². The molecule has 0 aliphatic heterocycles. The van der Waals surface area contributed by atoms with Crippen LogP contribution in [-0.4, -0.2) is 10.9 Å². The lowest BCUT2D eigenvalue weighted by Crippen LogP contribution is -2.00. The molecule has 3 heteroatoms. The van der Waals surface area contributed by atoms with Gasteiger partial charge in [0.2, 0.25) is 0 Å². The molecule has 0 amide bonds. The first-order valence-electron chi connectivity index (χ1n) is 4.76. The van der Waals surface area contributed by atoms with E-state index in [9.17, 15) is 4.79 Å². The third-order valence-electron chi connectivity index (χ3n) is 2.24. The molecule has 2 aromatic carbocycles. The molecule has 2 nitrogen and oxygen atoms in total. The van der Waals surface area contributed by atoms with Crippen molar-refractivity contribution in [3.63, 3.8) is 0 Å². The van der Waals surface area contributed by atoms with Crippen molar-refractivity contribution in [3.05, 3.63) is 63.2 Å². The van der Waals surface area contributed by atoms with Crippen molar-refractivity contribution in [3.8, 4) is 5.75 Å². The van der Waals surface area contributed by atoms with Crippen molar-refractivity contribution in [2.75, 3.05) is 0 Å². The zero-order valence-electron chi connectivity index (χ0n) is 8.35. The highest BCUT2D eigenvalue weighted by atomic mass is 127. The number of hydrogen-bond donors (Lipinski definition) is 1. The summed E-state index contributed by atoms with van der Waals surface area (Å²) in [5, 5.41) is 9.13. The minimum atomic E-state index is -0.0311. The third kappa shape index (κ3) is 2.41. The van der Waals surface area contributed by atoms with Crippen LogP contribution < -0.4 is 0 Å². The van der Waals surface area contributed by atoms with Crippen LogP contribution in [0.4, 0.5) is 0 Å². The lowest BCUT2D eigenvalue weighted by molar-refractivity contribution is 0.103. The van der Waals surface area contributed by atoms with E-state index < -0.39 is 0 Å². The monoisotopic (exact) mass is 324 g/mol. The fraction of sp³-hybridized carbons (Fsp3) is 0. The van der Waals surface area contributed by atoms with E-state index in [2.05, 4.69) is 22.6 Å². The molecule has 0 heterocycles. The van der Waals surface area contributed by atoms with Gasteiger partial charge in [-0.1, -0.05) is 0 Å². The Labute approximate surface area is 107 Å². The molecule has 2 aromatic rings. The number of phenolic OH excluding ortho intramolecular Hbond substituents is 1. The van der Waals surface area contributed by atoms with E-state index in [0.717, 1.165) is 3.57 Å². The molecule has 0 saturated carbocycles. The Balaban J connectivity index is 2.32. The summed E-state index contributed by atoms with van der Waals surface area (Å²) >= 11 is 2.19. The largest absolute Gasteiger partial charge is 0.508 e. The summed E-state index contributed by atoms with van der Waals surface area (Å²) in [6, 6.07) is 13.7. The van der Waals surface area contributed by atoms with Gasteiger partial charge in [-0.3, -0.25) is 4.79 Å². The van der Waals surface area contributed by atoms with Gasteiger partial charge in [-0.2, -0.15) is 0 Å². The number of phenols is 1. The quantitative estimate of drug-likeness (QED) is 0.680. The number of halogens is 1. The normalized spacial score (nSPS) is 10.1. The highest BCUT2D eigenvalue weighted by molar-refractivity contribution is 14.1. The zero-order chi connectivity index (χ0) is 11.5. The molecule has 1 N–H and O–H groups in total. The van der Waals surface area contributed by atoms with Crippen molar-refractivity contribution in [1.82, 2.24) is 0 Å². The molecular weight excluding hydrogens is 315 g/mol. The SMILES string of the molecule is O=C(c1ccc(O)cc1)c1ccc(I)cc1. The minimum Gasteiger partial charge on any atom is -0.508 e. The molecule has 0 fully saturated rings. The summed E-state index contributed by atoms with van der Waals surface area (Å²) < 4.78 is 1.10. The van der Waals surface area contributed by atoms with E-state index in [4.69, 9.17) is 5.11 Å². The van der Waals surface area contributed by atoms with Gasteiger partial charge in [-0.15, -0.1) is 0 Å². The minimum absolute atomic E-state index is 0.0311. The summed E-state index contributed by atoms with van der Waals surface area (Å²) in [5.74, 6) is 0.135. The summed E-state index contributed by atoms with van der Waals surface area (Å²) in [6.07, 6.45) is 0. The number of aromatic hydroxyl groups is 1. The Morgan fingerprint density at radius 3 is 1.81 bits per heavy atom. The van der Waals surface area contributed by atoms with E-state index in [1.54, 1.807) is 24.3 Å². The molecule has 2 rings (SSSR count). The predicted octanol–water partition coefficient (Wildman–Crippen LogP) is 3.23. The van der Waals surface area contributed by atoms with Crippen LogP contribution in [0.2, 0.25) is 0 Å². The van der Waals surface area contributed by atoms with Gasteiger partial charge < -0.3 is 5.11 Å². The van der Waals surface area contributed by atoms with Gasteiger partial charge in [-0.05, 0) is 71.1 Å². The maximum atomic E-state index is 12.0. The standard InChI is InChI=1S/C13H9IO2/c14-11-5-1-9(2-6-11)13(16)10-3-7-12(15)8-4-10/h1-8,15H. The lowest BCUT2D eigenvalue weighted by atomic mass is 10.0. The fourth-order valence-corrected chi connectivity index (χ4v) is 1.74. The molecule has 0 bridgehead atoms. The van der Waals surface area contributed by atoms with Crippen LogP contribution in [-0.2, 0) is 0 Å². The van der Waals surface area contributed by atoms with Crippen LogP contribution in [0.1, 0.15) is 15.9 Å². The van der Waals surface area contributed by atoms with E-state index in [-0.39, 0.29) is 11.5 Å². The van der Waals surface area contributed by atoms with E-state index >= 15 is 0 Å². The summed E-state index contributed by atoms with van der Waals surface area (Å²) in [6.45, 7) is 0. The third-order valence-corrected chi connectivity index (χ3v) is 2.96. The molecule has 0 aliphatic carbocycles. The van der Waals surface area contributed by atoms with Crippen molar-refractivity contribution in [1.29, 1.82) is 0 Å². The van der Waals surface area contributed by atoms with Gasteiger partial charge in [0.25, 0.3) is 0 Å². The molecule has 0 aromatic heterocycles. The van der Waals surface area contributed by atoms with Crippen LogP contribution in [0.5, 0.6) is 5.75 Å². The number of ketones is 1. The predicted molar refractivity (Wildman–Crippen MR) is 70.7 cm³/mol. The van der Waals surface area contributed by atoms with Crippen LogP contribution >= 0.6 is 22.6 Å². The van der Waals surface area contributed by atoms with Crippen LogP contribution in [0, 0.1) is 3.57 Å². The van der Waals surface area contributed by atoms with Crippen molar-refractivity contribution >= 4 is 28.4 Å². The number of hydrogen-bond acceptors (Lipinski definition) is 2. The number of carbonyl (C=O) groups excluding carboxylic acids is 1. The Hall–Kier alpha value is -1.36. The number of benzene rings is 2. The molecule has 0 unspecified atom stereocenters. The fourth-order valence-electron chi connectivity index (χ4n) is 1.38. The first-order valence-corrected chi connectivity index (χ1v) is 5.84. The van der Waals surface area contributed by atoms with Gasteiger partial charge >= 0.3 is 0 Å². The smallest absolute Gasteiger partial charge is 0.193 e. The van der Waals surface area contributed by atoms with Crippen LogP contribution in [0.15, 0.2) is 48.5 Å². The second kappa shape index (κ2) is 4.65. The lowest BCUT2D eigenvalue weighted by Gasteiger charge is -2.01. The van der Waals surface area contributed by atoms with Gasteiger partial charge in [0.05, 0.1) is 0 Å². The molecule has 0 spiro atoms. The highest BCUT2D eigenvalue weighted by Crippen LogP contribution is 2.15. The molecule has 0 radical (unpaired) electrons. The number of carbonyl (C=O) groups is 1. The molecule has 16 heavy (non-hydrogen) atoms. The van der Waals surface area contributed by atoms with Gasteiger partial charge in [-0.25, -0.2) is 0 Å².